The van der Waals surface area contributed by atoms with Crippen LogP contribution in [0.1, 0.15) is 21.1 Å². The number of rotatable bonds is 5. The topological polar surface area (TPSA) is 76.6 Å². The fourth-order valence-corrected chi connectivity index (χ4v) is 4.85. The molecule has 8 heteroatoms. The number of hydrogen-bond acceptors (Lipinski definition) is 6. The predicted molar refractivity (Wildman–Crippen MR) is 85.6 cm³/mol. The lowest BCUT2D eigenvalue weighted by Gasteiger charge is -2.19. The van der Waals surface area contributed by atoms with E-state index in [1.54, 1.807) is 26.0 Å². The standard InChI is InChI=1S/C14H16N2O4S2/c1-9-14(21-10(2)15-9)22(18,19)16(3)12-5-6-13(20-4)11(7-12)8-17/h5-8H,1-4H3. The highest BCUT2D eigenvalue weighted by molar-refractivity contribution is 7.94. The number of benzene rings is 1. The fraction of sp³-hybridized carbons (Fsp3) is 0.286. The van der Waals surface area contributed by atoms with E-state index in [0.29, 0.717) is 34.0 Å². The van der Waals surface area contributed by atoms with Crippen LogP contribution in [-0.2, 0) is 10.0 Å². The van der Waals surface area contributed by atoms with Crippen molar-refractivity contribution in [2.45, 2.75) is 18.1 Å². The van der Waals surface area contributed by atoms with Gasteiger partial charge in [0.05, 0.1) is 29.1 Å². The highest BCUT2D eigenvalue weighted by atomic mass is 32.2. The third-order valence-electron chi connectivity index (χ3n) is 3.16. The van der Waals surface area contributed by atoms with Gasteiger partial charge in [0.2, 0.25) is 0 Å². The van der Waals surface area contributed by atoms with E-state index in [1.807, 2.05) is 0 Å². The Morgan fingerprint density at radius 1 is 1.32 bits per heavy atom. The number of aldehydes is 1. The van der Waals surface area contributed by atoms with Gasteiger partial charge in [0.1, 0.15) is 5.75 Å². The molecule has 0 unspecified atom stereocenters. The van der Waals surface area contributed by atoms with Crippen molar-refractivity contribution >= 4 is 33.3 Å². The SMILES string of the molecule is COc1ccc(N(C)S(=O)(=O)c2sc(C)nc2C)cc1C=O. The molecule has 0 N–H and O–H groups in total. The van der Waals surface area contributed by atoms with Gasteiger partial charge in [-0.2, -0.15) is 0 Å². The first kappa shape index (κ1) is 16.4. The third-order valence-corrected chi connectivity index (χ3v) is 6.60. The van der Waals surface area contributed by atoms with Crippen molar-refractivity contribution in [1.82, 2.24) is 4.98 Å². The van der Waals surface area contributed by atoms with Gasteiger partial charge >= 0.3 is 0 Å². The summed E-state index contributed by atoms with van der Waals surface area (Å²) in [4.78, 5) is 15.2. The lowest BCUT2D eigenvalue weighted by Crippen LogP contribution is -2.26. The van der Waals surface area contributed by atoms with Gasteiger partial charge in [0.15, 0.2) is 10.5 Å². The van der Waals surface area contributed by atoms with Gasteiger partial charge in [-0.25, -0.2) is 13.4 Å². The van der Waals surface area contributed by atoms with Crippen LogP contribution in [0.5, 0.6) is 5.75 Å². The molecular weight excluding hydrogens is 324 g/mol. The molecule has 1 aromatic heterocycles. The molecule has 0 radical (unpaired) electrons. The average Bonchev–Trinajstić information content (AvgIpc) is 2.85. The number of aryl methyl sites for hydroxylation is 2. The molecule has 0 fully saturated rings. The van der Waals surface area contributed by atoms with E-state index in [0.717, 1.165) is 15.6 Å². The number of hydrogen-bond donors (Lipinski definition) is 0. The second-order valence-electron chi connectivity index (χ2n) is 4.62. The lowest BCUT2D eigenvalue weighted by molar-refractivity contribution is 0.112. The molecule has 2 rings (SSSR count). The van der Waals surface area contributed by atoms with E-state index in [4.69, 9.17) is 4.74 Å². The van der Waals surface area contributed by atoms with Crippen molar-refractivity contribution in [3.05, 3.63) is 34.5 Å². The van der Waals surface area contributed by atoms with E-state index < -0.39 is 10.0 Å². The monoisotopic (exact) mass is 340 g/mol. The summed E-state index contributed by atoms with van der Waals surface area (Å²) in [6.07, 6.45) is 0.630. The minimum Gasteiger partial charge on any atom is -0.496 e. The molecule has 0 aliphatic carbocycles. The third kappa shape index (κ3) is 2.84. The zero-order valence-electron chi connectivity index (χ0n) is 12.7. The zero-order chi connectivity index (χ0) is 16.5. The Bertz CT molecular complexity index is 812. The van der Waals surface area contributed by atoms with Crippen LogP contribution in [0.3, 0.4) is 0 Å². The smallest absolute Gasteiger partial charge is 0.275 e. The molecule has 22 heavy (non-hydrogen) atoms. The summed E-state index contributed by atoms with van der Waals surface area (Å²) in [5, 5.41) is 0.688. The van der Waals surface area contributed by atoms with Crippen LogP contribution in [-0.4, -0.2) is 33.8 Å². The van der Waals surface area contributed by atoms with Crippen LogP contribution in [0.4, 0.5) is 5.69 Å². The van der Waals surface area contributed by atoms with Crippen LogP contribution in [0, 0.1) is 13.8 Å². The van der Waals surface area contributed by atoms with Crippen molar-refractivity contribution in [2.24, 2.45) is 0 Å². The number of carbonyl (C=O) groups is 1. The summed E-state index contributed by atoms with van der Waals surface area (Å²) < 4.78 is 31.8. The fourth-order valence-electron chi connectivity index (χ4n) is 2.02. The summed E-state index contributed by atoms with van der Waals surface area (Å²) in [5.74, 6) is 0.398. The number of ether oxygens (including phenoxy) is 1. The average molecular weight is 340 g/mol. The number of thiazole rings is 1. The maximum absolute atomic E-state index is 12.7. The van der Waals surface area contributed by atoms with Crippen LogP contribution in [0.2, 0.25) is 0 Å². The second-order valence-corrected chi connectivity index (χ2v) is 7.99. The van der Waals surface area contributed by atoms with E-state index in [9.17, 15) is 13.2 Å². The van der Waals surface area contributed by atoms with E-state index in [2.05, 4.69) is 4.98 Å². The molecule has 0 spiro atoms. The number of aromatic nitrogens is 1. The Morgan fingerprint density at radius 3 is 2.50 bits per heavy atom. The Labute approximate surface area is 133 Å². The van der Waals surface area contributed by atoms with Gasteiger partial charge in [-0.15, -0.1) is 11.3 Å². The lowest BCUT2D eigenvalue weighted by atomic mass is 10.2. The van der Waals surface area contributed by atoms with Gasteiger partial charge in [0, 0.05) is 7.05 Å². The van der Waals surface area contributed by atoms with Crippen LogP contribution < -0.4 is 9.04 Å². The minimum absolute atomic E-state index is 0.205. The van der Waals surface area contributed by atoms with Gasteiger partial charge in [-0.3, -0.25) is 9.10 Å². The summed E-state index contributed by atoms with van der Waals surface area (Å²) >= 11 is 1.13. The molecule has 0 saturated heterocycles. The first-order valence-corrected chi connectivity index (χ1v) is 8.63. The molecule has 0 saturated carbocycles. The van der Waals surface area contributed by atoms with Gasteiger partial charge in [-0.05, 0) is 32.0 Å². The maximum atomic E-state index is 12.7. The molecule has 2 aromatic rings. The largest absolute Gasteiger partial charge is 0.496 e. The van der Waals surface area contributed by atoms with Gasteiger partial charge in [0.25, 0.3) is 10.0 Å². The van der Waals surface area contributed by atoms with E-state index in [1.165, 1.54) is 20.2 Å². The van der Waals surface area contributed by atoms with Crippen LogP contribution in [0.25, 0.3) is 0 Å². The molecule has 0 aliphatic rings. The number of nitrogens with zero attached hydrogens (tertiary/aromatic N) is 2. The molecule has 0 aliphatic heterocycles. The van der Waals surface area contributed by atoms with Gasteiger partial charge < -0.3 is 4.74 Å². The quantitative estimate of drug-likeness (QED) is 0.781. The number of carbonyl (C=O) groups excluding carboxylic acids is 1. The van der Waals surface area contributed by atoms with Crippen molar-refractivity contribution < 1.29 is 17.9 Å². The summed E-state index contributed by atoms with van der Waals surface area (Å²) in [6.45, 7) is 3.42. The number of anilines is 1. The molecule has 0 amide bonds. The van der Waals surface area contributed by atoms with Crippen molar-refractivity contribution in [3.63, 3.8) is 0 Å². The normalized spacial score (nSPS) is 11.3. The van der Waals surface area contributed by atoms with E-state index >= 15 is 0 Å². The maximum Gasteiger partial charge on any atom is 0.275 e. The van der Waals surface area contributed by atoms with Gasteiger partial charge in [-0.1, -0.05) is 0 Å². The van der Waals surface area contributed by atoms with Crippen molar-refractivity contribution in [3.8, 4) is 5.75 Å². The highest BCUT2D eigenvalue weighted by Gasteiger charge is 2.26. The first-order valence-electron chi connectivity index (χ1n) is 6.37. The van der Waals surface area contributed by atoms with Crippen LogP contribution in [0.15, 0.2) is 22.4 Å². The Kier molecular flexibility index (Phi) is 4.52. The second kappa shape index (κ2) is 6.05. The summed E-state index contributed by atoms with van der Waals surface area (Å²) in [5.41, 5.74) is 1.14. The Balaban J connectivity index is 2.49. The zero-order valence-corrected chi connectivity index (χ0v) is 14.3. The molecule has 118 valence electrons. The predicted octanol–water partition coefficient (Wildman–Crippen LogP) is 2.41. The van der Waals surface area contributed by atoms with Crippen molar-refractivity contribution in [1.29, 1.82) is 0 Å². The first-order chi connectivity index (χ1) is 10.3. The molecule has 6 nitrogen and oxygen atoms in total. The number of methoxy groups -OCH3 is 1. The molecular formula is C14H16N2O4S2. The molecule has 1 heterocycles. The minimum atomic E-state index is -3.71. The highest BCUT2D eigenvalue weighted by Crippen LogP contribution is 2.30. The Morgan fingerprint density at radius 2 is 2.00 bits per heavy atom. The number of sulfonamides is 1. The Hall–Kier alpha value is -1.93. The van der Waals surface area contributed by atoms with E-state index in [-0.39, 0.29) is 4.21 Å². The molecule has 0 bridgehead atoms. The van der Waals surface area contributed by atoms with Crippen LogP contribution >= 0.6 is 11.3 Å². The summed E-state index contributed by atoms with van der Waals surface area (Å²) in [6, 6.07) is 4.63. The molecule has 1 aromatic carbocycles. The van der Waals surface area contributed by atoms with Crippen molar-refractivity contribution in [2.75, 3.05) is 18.5 Å². The summed E-state index contributed by atoms with van der Waals surface area (Å²) in [7, 11) is -0.819. The molecule has 0 atom stereocenters.